The molecule has 0 saturated carbocycles. The monoisotopic (exact) mass is 317 g/mol. The van der Waals surface area contributed by atoms with Crippen LogP contribution in [0.3, 0.4) is 0 Å². The summed E-state index contributed by atoms with van der Waals surface area (Å²) in [6, 6.07) is 4.85. The minimum atomic E-state index is -2.98. The molecule has 1 fully saturated rings. The molecular formula is C13H16ClNO4S. The van der Waals surface area contributed by atoms with Crippen LogP contribution in [0.4, 0.5) is 0 Å². The summed E-state index contributed by atoms with van der Waals surface area (Å²) in [5.41, 5.74) is 0.758. The first kappa shape index (κ1) is 15.1. The highest BCUT2D eigenvalue weighted by atomic mass is 35.5. The van der Waals surface area contributed by atoms with Crippen LogP contribution in [0.2, 0.25) is 5.02 Å². The number of rotatable bonds is 4. The molecule has 0 aromatic heterocycles. The van der Waals surface area contributed by atoms with E-state index in [1.807, 2.05) is 0 Å². The summed E-state index contributed by atoms with van der Waals surface area (Å²) in [6.45, 7) is 0. The van der Waals surface area contributed by atoms with Gasteiger partial charge in [0.1, 0.15) is 5.75 Å². The Kier molecular flexibility index (Phi) is 4.55. The molecule has 1 amide bonds. The Hall–Kier alpha value is -1.27. The van der Waals surface area contributed by atoms with Crippen molar-refractivity contribution in [3.8, 4) is 5.75 Å². The molecule has 7 heteroatoms. The van der Waals surface area contributed by atoms with Gasteiger partial charge < -0.3 is 10.1 Å². The molecule has 1 aromatic rings. The summed E-state index contributed by atoms with van der Waals surface area (Å²) in [6.07, 6.45) is 0.650. The molecule has 1 N–H and O–H groups in total. The second kappa shape index (κ2) is 6.01. The lowest BCUT2D eigenvalue weighted by molar-refractivity contribution is -0.120. The molecule has 1 aliphatic heterocycles. The smallest absolute Gasteiger partial charge is 0.224 e. The maximum atomic E-state index is 11.9. The summed E-state index contributed by atoms with van der Waals surface area (Å²) in [7, 11) is -1.46. The first-order valence-corrected chi connectivity index (χ1v) is 8.42. The molecule has 1 saturated heterocycles. The van der Waals surface area contributed by atoms with Crippen LogP contribution in [0.25, 0.3) is 0 Å². The zero-order chi connectivity index (χ0) is 14.8. The zero-order valence-corrected chi connectivity index (χ0v) is 12.6. The fourth-order valence-electron chi connectivity index (χ4n) is 2.19. The normalized spacial score (nSPS) is 20.6. The van der Waals surface area contributed by atoms with Gasteiger partial charge in [0.15, 0.2) is 9.84 Å². The molecule has 1 aliphatic rings. The molecule has 1 heterocycles. The lowest BCUT2D eigenvalue weighted by Crippen LogP contribution is -2.36. The maximum absolute atomic E-state index is 11.9. The van der Waals surface area contributed by atoms with Gasteiger partial charge in [-0.15, -0.1) is 0 Å². The molecule has 0 bridgehead atoms. The number of carbonyl (C=O) groups is 1. The van der Waals surface area contributed by atoms with Crippen LogP contribution in [0.5, 0.6) is 5.75 Å². The van der Waals surface area contributed by atoms with Crippen molar-refractivity contribution in [3.05, 3.63) is 28.8 Å². The van der Waals surface area contributed by atoms with E-state index in [9.17, 15) is 13.2 Å². The van der Waals surface area contributed by atoms with Gasteiger partial charge in [-0.05, 0) is 24.1 Å². The number of benzene rings is 1. The van der Waals surface area contributed by atoms with Gasteiger partial charge in [0.25, 0.3) is 0 Å². The number of amides is 1. The molecule has 110 valence electrons. The van der Waals surface area contributed by atoms with E-state index in [-0.39, 0.29) is 29.9 Å². The number of ether oxygens (including phenoxy) is 1. The van der Waals surface area contributed by atoms with Crippen molar-refractivity contribution >= 4 is 27.3 Å². The lowest BCUT2D eigenvalue weighted by atomic mass is 10.1. The van der Waals surface area contributed by atoms with Gasteiger partial charge in [0.05, 0.1) is 30.1 Å². The van der Waals surface area contributed by atoms with Gasteiger partial charge in [-0.3, -0.25) is 4.79 Å². The SMILES string of the molecule is COc1ccc(CC(=O)NC2CCS(=O)(=O)C2)cc1Cl. The molecule has 2 rings (SSSR count). The Morgan fingerprint density at radius 1 is 1.50 bits per heavy atom. The van der Waals surface area contributed by atoms with Crippen LogP contribution in [-0.2, 0) is 21.1 Å². The van der Waals surface area contributed by atoms with Crippen molar-refractivity contribution in [2.75, 3.05) is 18.6 Å². The van der Waals surface area contributed by atoms with E-state index in [0.29, 0.717) is 17.2 Å². The van der Waals surface area contributed by atoms with Crippen molar-refractivity contribution in [2.45, 2.75) is 18.9 Å². The van der Waals surface area contributed by atoms with E-state index in [4.69, 9.17) is 16.3 Å². The number of sulfone groups is 1. The molecule has 5 nitrogen and oxygen atoms in total. The van der Waals surface area contributed by atoms with Crippen molar-refractivity contribution in [3.63, 3.8) is 0 Å². The highest BCUT2D eigenvalue weighted by Crippen LogP contribution is 2.25. The number of nitrogens with one attached hydrogen (secondary N) is 1. The quantitative estimate of drug-likeness (QED) is 0.905. The third kappa shape index (κ3) is 3.86. The molecular weight excluding hydrogens is 302 g/mol. The number of methoxy groups -OCH3 is 1. The Bertz CT molecular complexity index is 615. The second-order valence-corrected chi connectivity index (χ2v) is 7.45. The fraction of sp³-hybridized carbons (Fsp3) is 0.462. The molecule has 1 unspecified atom stereocenters. The fourth-order valence-corrected chi connectivity index (χ4v) is 4.15. The van der Waals surface area contributed by atoms with E-state index in [1.165, 1.54) is 7.11 Å². The molecule has 1 aromatic carbocycles. The Labute approximate surface area is 123 Å². The third-order valence-corrected chi connectivity index (χ3v) is 5.24. The summed E-state index contributed by atoms with van der Waals surface area (Å²) in [4.78, 5) is 11.9. The van der Waals surface area contributed by atoms with Gasteiger partial charge in [-0.2, -0.15) is 0 Å². The zero-order valence-electron chi connectivity index (χ0n) is 11.1. The first-order chi connectivity index (χ1) is 9.39. The summed E-state index contributed by atoms with van der Waals surface area (Å²) in [5.74, 6) is 0.528. The number of hydrogen-bond donors (Lipinski definition) is 1. The van der Waals surface area contributed by atoms with Gasteiger partial charge in [-0.25, -0.2) is 8.42 Å². The Morgan fingerprint density at radius 3 is 2.80 bits per heavy atom. The molecule has 20 heavy (non-hydrogen) atoms. The predicted molar refractivity (Wildman–Crippen MR) is 76.9 cm³/mol. The number of hydrogen-bond acceptors (Lipinski definition) is 4. The lowest BCUT2D eigenvalue weighted by Gasteiger charge is -2.11. The second-order valence-electron chi connectivity index (χ2n) is 4.81. The summed E-state index contributed by atoms with van der Waals surface area (Å²) in [5, 5.41) is 3.18. The number of halogens is 1. The van der Waals surface area contributed by atoms with Gasteiger partial charge >= 0.3 is 0 Å². The number of carbonyl (C=O) groups excluding carboxylic acids is 1. The van der Waals surface area contributed by atoms with Crippen LogP contribution in [0.15, 0.2) is 18.2 Å². The van der Waals surface area contributed by atoms with Gasteiger partial charge in [0.2, 0.25) is 5.91 Å². The third-order valence-electron chi connectivity index (χ3n) is 3.18. The summed E-state index contributed by atoms with van der Waals surface area (Å²) >= 11 is 5.98. The largest absolute Gasteiger partial charge is 0.495 e. The van der Waals surface area contributed by atoms with E-state index >= 15 is 0 Å². The Morgan fingerprint density at radius 2 is 2.25 bits per heavy atom. The highest BCUT2D eigenvalue weighted by Gasteiger charge is 2.28. The minimum Gasteiger partial charge on any atom is -0.495 e. The topological polar surface area (TPSA) is 72.5 Å². The average molecular weight is 318 g/mol. The van der Waals surface area contributed by atoms with Crippen molar-refractivity contribution in [1.82, 2.24) is 5.32 Å². The minimum absolute atomic E-state index is 0.0299. The van der Waals surface area contributed by atoms with Gasteiger partial charge in [0, 0.05) is 6.04 Å². The molecule has 0 aliphatic carbocycles. The average Bonchev–Trinajstić information content (AvgIpc) is 2.68. The predicted octanol–water partition coefficient (Wildman–Crippen LogP) is 1.19. The van der Waals surface area contributed by atoms with Crippen LogP contribution in [-0.4, -0.2) is 39.0 Å². The molecule has 0 radical (unpaired) electrons. The van der Waals surface area contributed by atoms with E-state index < -0.39 is 9.84 Å². The Balaban J connectivity index is 1.93. The molecule has 0 spiro atoms. The summed E-state index contributed by atoms with van der Waals surface area (Å²) < 4.78 is 27.7. The van der Waals surface area contributed by atoms with Crippen molar-refractivity contribution in [1.29, 1.82) is 0 Å². The molecule has 1 atom stereocenters. The van der Waals surface area contributed by atoms with Crippen LogP contribution < -0.4 is 10.1 Å². The van der Waals surface area contributed by atoms with Crippen LogP contribution >= 0.6 is 11.6 Å². The van der Waals surface area contributed by atoms with Gasteiger partial charge in [-0.1, -0.05) is 17.7 Å². The maximum Gasteiger partial charge on any atom is 0.224 e. The van der Waals surface area contributed by atoms with Crippen molar-refractivity contribution in [2.24, 2.45) is 0 Å². The van der Waals surface area contributed by atoms with E-state index in [1.54, 1.807) is 18.2 Å². The highest BCUT2D eigenvalue weighted by molar-refractivity contribution is 7.91. The van der Waals surface area contributed by atoms with Crippen molar-refractivity contribution < 1.29 is 17.9 Å². The van der Waals surface area contributed by atoms with E-state index in [0.717, 1.165) is 5.56 Å². The van der Waals surface area contributed by atoms with Crippen LogP contribution in [0.1, 0.15) is 12.0 Å². The first-order valence-electron chi connectivity index (χ1n) is 6.22. The standard InChI is InChI=1S/C13H16ClNO4S/c1-19-12-3-2-9(6-11(12)14)7-13(16)15-10-4-5-20(17,18)8-10/h2-3,6,10H,4-5,7-8H2,1H3,(H,15,16). The van der Waals surface area contributed by atoms with E-state index in [2.05, 4.69) is 5.32 Å². The van der Waals surface area contributed by atoms with Crippen LogP contribution in [0, 0.1) is 0 Å².